The minimum atomic E-state index is 0.0631. The number of halogens is 1. The number of hydrogen-bond donors (Lipinski definition) is 2. The quantitative estimate of drug-likeness (QED) is 0.875. The van der Waals surface area contributed by atoms with Crippen molar-refractivity contribution in [3.63, 3.8) is 0 Å². The summed E-state index contributed by atoms with van der Waals surface area (Å²) in [7, 11) is 0. The molecule has 1 heterocycles. The van der Waals surface area contributed by atoms with Gasteiger partial charge in [-0.1, -0.05) is 0 Å². The first-order valence-corrected chi connectivity index (χ1v) is 6.39. The fourth-order valence-corrected chi connectivity index (χ4v) is 2.19. The monoisotopic (exact) mass is 291 g/mol. The molecule has 1 aromatic heterocycles. The van der Waals surface area contributed by atoms with Gasteiger partial charge in [0.15, 0.2) is 5.13 Å². The average molecular weight is 292 g/mol. The van der Waals surface area contributed by atoms with Crippen molar-refractivity contribution in [2.45, 2.75) is 26.3 Å². The van der Waals surface area contributed by atoms with Gasteiger partial charge >= 0.3 is 0 Å². The zero-order chi connectivity index (χ0) is 11.3. The third kappa shape index (κ3) is 5.13. The molecule has 0 fully saturated rings. The minimum absolute atomic E-state index is 0.0631. The van der Waals surface area contributed by atoms with Gasteiger partial charge in [-0.2, -0.15) is 0 Å². The Morgan fingerprint density at radius 3 is 2.93 bits per heavy atom. The molecule has 0 unspecified atom stereocenters. The van der Waals surface area contributed by atoms with Gasteiger partial charge < -0.3 is 10.6 Å². The second kappa shape index (κ2) is 6.07. The highest BCUT2D eigenvalue weighted by molar-refractivity contribution is 9.10. The molecule has 2 N–H and O–H groups in total. The van der Waals surface area contributed by atoms with Crippen LogP contribution in [0.15, 0.2) is 9.98 Å². The molecule has 0 aliphatic heterocycles. The third-order valence-corrected chi connectivity index (χ3v) is 3.06. The van der Waals surface area contributed by atoms with E-state index in [-0.39, 0.29) is 11.9 Å². The summed E-state index contributed by atoms with van der Waals surface area (Å²) in [6.07, 6.45) is 0.468. The van der Waals surface area contributed by atoms with Crippen LogP contribution >= 0.6 is 27.3 Å². The Kier molecular flexibility index (Phi) is 5.04. The predicted octanol–water partition coefficient (Wildman–Crippen LogP) is 2.23. The van der Waals surface area contributed by atoms with E-state index in [4.69, 9.17) is 0 Å². The van der Waals surface area contributed by atoms with Crippen molar-refractivity contribution in [1.29, 1.82) is 0 Å². The molecule has 6 heteroatoms. The second-order valence-electron chi connectivity index (χ2n) is 3.37. The number of aromatic nitrogens is 1. The van der Waals surface area contributed by atoms with Crippen molar-refractivity contribution in [3.05, 3.63) is 9.98 Å². The molecule has 0 aromatic carbocycles. The number of nitrogens with one attached hydrogen (secondary N) is 2. The van der Waals surface area contributed by atoms with Crippen LogP contribution in [0.5, 0.6) is 0 Å². The Morgan fingerprint density at radius 1 is 1.67 bits per heavy atom. The molecule has 4 nitrogen and oxygen atoms in total. The summed E-state index contributed by atoms with van der Waals surface area (Å²) in [6, 6.07) is 0.200. The van der Waals surface area contributed by atoms with E-state index >= 15 is 0 Å². The summed E-state index contributed by atoms with van der Waals surface area (Å²) in [5.74, 6) is 0.0631. The van der Waals surface area contributed by atoms with Gasteiger partial charge in [-0.3, -0.25) is 4.79 Å². The lowest BCUT2D eigenvalue weighted by atomic mass is 10.3. The number of hydrogen-bond acceptors (Lipinski definition) is 4. The lowest BCUT2D eigenvalue weighted by molar-refractivity contribution is -0.121. The van der Waals surface area contributed by atoms with Crippen LogP contribution in [0, 0.1) is 0 Å². The summed E-state index contributed by atoms with van der Waals surface area (Å²) >= 11 is 4.78. The van der Waals surface area contributed by atoms with E-state index in [9.17, 15) is 4.79 Å². The van der Waals surface area contributed by atoms with Gasteiger partial charge in [-0.25, -0.2) is 4.98 Å². The Labute approximate surface area is 102 Å². The molecule has 0 aliphatic carbocycles. The standard InChI is InChI=1S/C9H14BrN3OS/c1-6(2)12-8(14)3-4-11-9-13-7(10)5-15-9/h5-6H,3-4H2,1-2H3,(H,11,13)(H,12,14). The molecule has 0 radical (unpaired) electrons. The van der Waals surface area contributed by atoms with Gasteiger partial charge in [0.2, 0.25) is 5.91 Å². The van der Waals surface area contributed by atoms with Gasteiger partial charge in [0.1, 0.15) is 4.60 Å². The third-order valence-electron chi connectivity index (χ3n) is 1.55. The van der Waals surface area contributed by atoms with Crippen LogP contribution in [-0.4, -0.2) is 23.5 Å². The molecule has 84 valence electrons. The number of anilines is 1. The number of carbonyl (C=O) groups excluding carboxylic acids is 1. The minimum Gasteiger partial charge on any atom is -0.361 e. The number of carbonyl (C=O) groups is 1. The molecule has 0 aliphatic rings. The smallest absolute Gasteiger partial charge is 0.221 e. The molecule has 1 aromatic rings. The summed E-state index contributed by atoms with van der Waals surface area (Å²) in [6.45, 7) is 4.50. The van der Waals surface area contributed by atoms with Crippen molar-refractivity contribution < 1.29 is 4.79 Å². The van der Waals surface area contributed by atoms with Crippen molar-refractivity contribution in [2.75, 3.05) is 11.9 Å². The molecule has 1 amide bonds. The van der Waals surface area contributed by atoms with E-state index in [1.165, 1.54) is 11.3 Å². The SMILES string of the molecule is CC(C)NC(=O)CCNc1nc(Br)cs1. The zero-order valence-corrected chi connectivity index (χ0v) is 11.1. The van der Waals surface area contributed by atoms with Crippen LogP contribution < -0.4 is 10.6 Å². The van der Waals surface area contributed by atoms with Crippen LogP contribution in [0.2, 0.25) is 0 Å². The maximum absolute atomic E-state index is 11.3. The van der Waals surface area contributed by atoms with Crippen LogP contribution in [-0.2, 0) is 4.79 Å². The van der Waals surface area contributed by atoms with Crippen molar-refractivity contribution in [2.24, 2.45) is 0 Å². The summed E-state index contributed by atoms with van der Waals surface area (Å²) in [5.41, 5.74) is 0. The Bertz CT molecular complexity index is 327. The van der Waals surface area contributed by atoms with Crippen molar-refractivity contribution in [1.82, 2.24) is 10.3 Å². The van der Waals surface area contributed by atoms with Gasteiger partial charge in [-0.15, -0.1) is 11.3 Å². The van der Waals surface area contributed by atoms with E-state index in [1.54, 1.807) is 0 Å². The fraction of sp³-hybridized carbons (Fsp3) is 0.556. The molecule has 0 saturated carbocycles. The molecule has 0 bridgehead atoms. The first-order chi connectivity index (χ1) is 7.08. The first kappa shape index (κ1) is 12.4. The zero-order valence-electron chi connectivity index (χ0n) is 8.71. The Morgan fingerprint density at radius 2 is 2.40 bits per heavy atom. The van der Waals surface area contributed by atoms with E-state index in [1.807, 2.05) is 19.2 Å². The van der Waals surface area contributed by atoms with E-state index < -0.39 is 0 Å². The van der Waals surface area contributed by atoms with E-state index in [0.717, 1.165) is 9.73 Å². The lowest BCUT2D eigenvalue weighted by Gasteiger charge is -2.08. The fourth-order valence-electron chi connectivity index (χ4n) is 1.01. The maximum Gasteiger partial charge on any atom is 0.221 e. The van der Waals surface area contributed by atoms with E-state index in [0.29, 0.717) is 13.0 Å². The van der Waals surface area contributed by atoms with Gasteiger partial charge in [-0.05, 0) is 29.8 Å². The van der Waals surface area contributed by atoms with Gasteiger partial charge in [0, 0.05) is 24.4 Å². The largest absolute Gasteiger partial charge is 0.361 e. The molecular formula is C9H14BrN3OS. The molecule has 0 spiro atoms. The number of nitrogens with zero attached hydrogens (tertiary/aromatic N) is 1. The summed E-state index contributed by atoms with van der Waals surface area (Å²) in [5, 5.41) is 8.65. The molecule has 0 saturated heterocycles. The maximum atomic E-state index is 11.3. The van der Waals surface area contributed by atoms with Crippen LogP contribution in [0.25, 0.3) is 0 Å². The summed E-state index contributed by atoms with van der Waals surface area (Å²) < 4.78 is 0.821. The average Bonchev–Trinajstić information content (AvgIpc) is 2.50. The Balaban J connectivity index is 2.19. The topological polar surface area (TPSA) is 54.0 Å². The van der Waals surface area contributed by atoms with Gasteiger partial charge in [0.25, 0.3) is 0 Å². The number of thiazole rings is 1. The summed E-state index contributed by atoms with van der Waals surface area (Å²) in [4.78, 5) is 15.4. The molecule has 1 rings (SSSR count). The van der Waals surface area contributed by atoms with Crippen molar-refractivity contribution >= 4 is 38.3 Å². The highest BCUT2D eigenvalue weighted by Gasteiger charge is 2.03. The van der Waals surface area contributed by atoms with Gasteiger partial charge in [0.05, 0.1) is 0 Å². The van der Waals surface area contributed by atoms with E-state index in [2.05, 4.69) is 31.5 Å². The normalized spacial score (nSPS) is 10.4. The molecule has 0 atom stereocenters. The van der Waals surface area contributed by atoms with Crippen molar-refractivity contribution in [3.8, 4) is 0 Å². The number of rotatable bonds is 5. The number of amides is 1. The second-order valence-corrected chi connectivity index (χ2v) is 5.04. The van der Waals surface area contributed by atoms with Crippen LogP contribution in [0.3, 0.4) is 0 Å². The molecular weight excluding hydrogens is 278 g/mol. The first-order valence-electron chi connectivity index (χ1n) is 4.72. The molecule has 15 heavy (non-hydrogen) atoms. The lowest BCUT2D eigenvalue weighted by Crippen LogP contribution is -2.31. The highest BCUT2D eigenvalue weighted by Crippen LogP contribution is 2.18. The van der Waals surface area contributed by atoms with Crippen LogP contribution in [0.4, 0.5) is 5.13 Å². The Hall–Kier alpha value is -0.620. The predicted molar refractivity (Wildman–Crippen MR) is 66.2 cm³/mol. The highest BCUT2D eigenvalue weighted by atomic mass is 79.9. The van der Waals surface area contributed by atoms with Crippen LogP contribution in [0.1, 0.15) is 20.3 Å².